The van der Waals surface area contributed by atoms with Crippen molar-refractivity contribution in [2.24, 2.45) is 5.92 Å². The van der Waals surface area contributed by atoms with E-state index in [4.69, 9.17) is 28.3 Å². The van der Waals surface area contributed by atoms with Gasteiger partial charge in [0.25, 0.3) is 0 Å². The number of carboxylic acid groups (broad SMARTS) is 1. The van der Waals surface area contributed by atoms with Crippen molar-refractivity contribution >= 4 is 41.2 Å². The Morgan fingerprint density at radius 2 is 1.90 bits per heavy atom. The molecule has 112 valence electrons. The number of aliphatic carboxylic acids is 1. The maximum Gasteiger partial charge on any atom is 0.306 e. The first kappa shape index (κ1) is 15.9. The average molecular weight is 328 g/mol. The first-order valence-corrected chi connectivity index (χ1v) is 7.38. The third-order valence-corrected chi connectivity index (χ3v) is 4.10. The fourth-order valence-electron chi connectivity index (χ4n) is 2.26. The predicted molar refractivity (Wildman–Crippen MR) is 82.4 cm³/mol. The average Bonchev–Trinajstić information content (AvgIpc) is 2.48. The lowest BCUT2D eigenvalue weighted by molar-refractivity contribution is -0.144. The molecule has 1 heterocycles. The van der Waals surface area contributed by atoms with E-state index in [1.165, 1.54) is 6.08 Å². The molecule has 4 nitrogen and oxygen atoms in total. The zero-order valence-electron chi connectivity index (χ0n) is 11.3. The van der Waals surface area contributed by atoms with Crippen molar-refractivity contribution in [2.45, 2.75) is 12.8 Å². The number of piperidine rings is 1. The van der Waals surface area contributed by atoms with Crippen LogP contribution < -0.4 is 0 Å². The third kappa shape index (κ3) is 4.22. The van der Waals surface area contributed by atoms with Gasteiger partial charge in [0.05, 0.1) is 5.92 Å². The summed E-state index contributed by atoms with van der Waals surface area (Å²) in [7, 11) is 0. The van der Waals surface area contributed by atoms with Crippen LogP contribution in [-0.2, 0) is 9.59 Å². The zero-order valence-corrected chi connectivity index (χ0v) is 12.8. The Balaban J connectivity index is 1.97. The fourth-order valence-corrected chi connectivity index (χ4v) is 2.62. The lowest BCUT2D eigenvalue weighted by Crippen LogP contribution is -2.39. The van der Waals surface area contributed by atoms with Crippen molar-refractivity contribution in [1.29, 1.82) is 0 Å². The van der Waals surface area contributed by atoms with Gasteiger partial charge in [-0.2, -0.15) is 0 Å². The molecule has 2 rings (SSSR count). The Labute approximate surface area is 133 Å². The Kier molecular flexibility index (Phi) is 5.26. The molecular weight excluding hydrogens is 313 g/mol. The Bertz CT molecular complexity index is 578. The van der Waals surface area contributed by atoms with Crippen LogP contribution in [0.3, 0.4) is 0 Å². The molecule has 0 aromatic heterocycles. The molecule has 1 aromatic carbocycles. The maximum absolute atomic E-state index is 12.1. The number of carbonyl (C=O) groups is 2. The van der Waals surface area contributed by atoms with E-state index in [9.17, 15) is 9.59 Å². The standard InChI is InChI=1S/C15H15Cl2NO3/c16-12-2-3-13(17)11(9-12)1-4-14(19)18-7-5-10(6-8-18)15(20)21/h1-4,9-10H,5-8H2,(H,20,21)/b4-1+. The molecule has 0 saturated carbocycles. The fraction of sp³-hybridized carbons (Fsp3) is 0.333. The van der Waals surface area contributed by atoms with Crippen molar-refractivity contribution < 1.29 is 14.7 Å². The number of hydrogen-bond donors (Lipinski definition) is 1. The number of hydrogen-bond acceptors (Lipinski definition) is 2. The second kappa shape index (κ2) is 6.96. The van der Waals surface area contributed by atoms with Crippen LogP contribution in [0.2, 0.25) is 10.0 Å². The normalized spacial score (nSPS) is 16.4. The number of halogens is 2. The van der Waals surface area contributed by atoms with Crippen molar-refractivity contribution in [1.82, 2.24) is 4.90 Å². The smallest absolute Gasteiger partial charge is 0.306 e. The molecule has 1 aliphatic heterocycles. The van der Waals surface area contributed by atoms with E-state index < -0.39 is 5.97 Å². The lowest BCUT2D eigenvalue weighted by Gasteiger charge is -2.29. The van der Waals surface area contributed by atoms with E-state index in [-0.39, 0.29) is 11.8 Å². The summed E-state index contributed by atoms with van der Waals surface area (Å²) in [4.78, 5) is 24.6. The van der Waals surface area contributed by atoms with Crippen LogP contribution in [0, 0.1) is 5.92 Å². The third-order valence-electron chi connectivity index (χ3n) is 3.52. The summed E-state index contributed by atoms with van der Waals surface area (Å²) in [5.74, 6) is -1.28. The van der Waals surface area contributed by atoms with Gasteiger partial charge in [-0.15, -0.1) is 0 Å². The van der Waals surface area contributed by atoms with Gasteiger partial charge in [-0.25, -0.2) is 0 Å². The van der Waals surface area contributed by atoms with Gasteiger partial charge in [-0.1, -0.05) is 23.2 Å². The molecule has 0 atom stereocenters. The van der Waals surface area contributed by atoms with Gasteiger partial charge in [0.1, 0.15) is 0 Å². The van der Waals surface area contributed by atoms with E-state index in [1.54, 1.807) is 29.2 Å². The monoisotopic (exact) mass is 327 g/mol. The van der Waals surface area contributed by atoms with E-state index >= 15 is 0 Å². The first-order chi connectivity index (χ1) is 9.97. The summed E-state index contributed by atoms with van der Waals surface area (Å²) in [6, 6.07) is 5.04. The number of likely N-dealkylation sites (tertiary alicyclic amines) is 1. The highest BCUT2D eigenvalue weighted by molar-refractivity contribution is 6.34. The summed E-state index contributed by atoms with van der Waals surface area (Å²) in [6.45, 7) is 0.923. The molecule has 1 N–H and O–H groups in total. The van der Waals surface area contributed by atoms with Gasteiger partial charge in [0, 0.05) is 29.2 Å². The van der Waals surface area contributed by atoms with E-state index in [1.807, 2.05) is 0 Å². The first-order valence-electron chi connectivity index (χ1n) is 6.62. The van der Waals surface area contributed by atoms with Gasteiger partial charge < -0.3 is 10.0 Å². The summed E-state index contributed by atoms with van der Waals surface area (Å²) >= 11 is 11.9. The van der Waals surface area contributed by atoms with Crippen molar-refractivity contribution in [2.75, 3.05) is 13.1 Å². The molecule has 0 radical (unpaired) electrons. The van der Waals surface area contributed by atoms with Crippen molar-refractivity contribution in [3.05, 3.63) is 39.9 Å². The van der Waals surface area contributed by atoms with Gasteiger partial charge in [-0.3, -0.25) is 9.59 Å². The Morgan fingerprint density at radius 1 is 1.24 bits per heavy atom. The molecule has 6 heteroatoms. The molecule has 0 aliphatic carbocycles. The summed E-state index contributed by atoms with van der Waals surface area (Å²) in [6.07, 6.45) is 4.05. The minimum Gasteiger partial charge on any atom is -0.481 e. The summed E-state index contributed by atoms with van der Waals surface area (Å²) < 4.78 is 0. The maximum atomic E-state index is 12.1. The van der Waals surface area contributed by atoms with Crippen LogP contribution in [0.5, 0.6) is 0 Å². The van der Waals surface area contributed by atoms with E-state index in [0.717, 1.165) is 0 Å². The summed E-state index contributed by atoms with van der Waals surface area (Å²) in [5, 5.41) is 10.00. The van der Waals surface area contributed by atoms with Crippen LogP contribution in [0.4, 0.5) is 0 Å². The Hall–Kier alpha value is -1.52. The molecule has 0 spiro atoms. The van der Waals surface area contributed by atoms with Gasteiger partial charge in [0.15, 0.2) is 0 Å². The van der Waals surface area contributed by atoms with Gasteiger partial charge >= 0.3 is 5.97 Å². The molecular formula is C15H15Cl2NO3. The summed E-state index contributed by atoms with van der Waals surface area (Å²) in [5.41, 5.74) is 0.679. The topological polar surface area (TPSA) is 57.6 Å². The number of amides is 1. The zero-order chi connectivity index (χ0) is 15.4. The molecule has 0 unspecified atom stereocenters. The highest BCUT2D eigenvalue weighted by Crippen LogP contribution is 2.22. The minimum atomic E-state index is -0.789. The highest BCUT2D eigenvalue weighted by atomic mass is 35.5. The number of carbonyl (C=O) groups excluding carboxylic acids is 1. The largest absolute Gasteiger partial charge is 0.481 e. The van der Waals surface area contributed by atoms with Crippen LogP contribution in [0.1, 0.15) is 18.4 Å². The van der Waals surface area contributed by atoms with Crippen LogP contribution in [0.15, 0.2) is 24.3 Å². The number of benzene rings is 1. The highest BCUT2D eigenvalue weighted by Gasteiger charge is 2.25. The number of rotatable bonds is 3. The van der Waals surface area contributed by atoms with Gasteiger partial charge in [-0.05, 0) is 42.7 Å². The van der Waals surface area contributed by atoms with Crippen LogP contribution >= 0.6 is 23.2 Å². The van der Waals surface area contributed by atoms with Crippen molar-refractivity contribution in [3.8, 4) is 0 Å². The molecule has 21 heavy (non-hydrogen) atoms. The second-order valence-electron chi connectivity index (χ2n) is 4.94. The molecule has 0 bridgehead atoms. The molecule has 1 aliphatic rings. The lowest BCUT2D eigenvalue weighted by atomic mass is 9.97. The van der Waals surface area contributed by atoms with E-state index in [0.29, 0.717) is 41.5 Å². The Morgan fingerprint density at radius 3 is 2.52 bits per heavy atom. The van der Waals surface area contributed by atoms with Crippen LogP contribution in [-0.4, -0.2) is 35.0 Å². The SMILES string of the molecule is O=C(O)C1CCN(C(=O)/C=C/c2cc(Cl)ccc2Cl)CC1. The number of nitrogens with zero attached hydrogens (tertiary/aromatic N) is 1. The molecule has 1 amide bonds. The van der Waals surface area contributed by atoms with E-state index in [2.05, 4.69) is 0 Å². The van der Waals surface area contributed by atoms with Crippen LogP contribution in [0.25, 0.3) is 6.08 Å². The second-order valence-corrected chi connectivity index (χ2v) is 5.78. The minimum absolute atomic E-state index is 0.144. The molecule has 1 aromatic rings. The molecule has 1 fully saturated rings. The quantitative estimate of drug-likeness (QED) is 0.866. The predicted octanol–water partition coefficient (Wildman–Crippen LogP) is 3.33. The molecule has 1 saturated heterocycles. The number of carboxylic acids is 1. The van der Waals surface area contributed by atoms with Gasteiger partial charge in [0.2, 0.25) is 5.91 Å². The van der Waals surface area contributed by atoms with Crippen molar-refractivity contribution in [3.63, 3.8) is 0 Å².